The summed E-state index contributed by atoms with van der Waals surface area (Å²) in [5.41, 5.74) is 3.03. The molecule has 26 heavy (non-hydrogen) atoms. The zero-order valence-electron chi connectivity index (χ0n) is 14.9. The fraction of sp³-hybridized carbons (Fsp3) is 0.263. The van der Waals surface area contributed by atoms with E-state index >= 15 is 0 Å². The van der Waals surface area contributed by atoms with Crippen molar-refractivity contribution in [3.63, 3.8) is 0 Å². The standard InChI is InChI=1S/C19H20N4O3/c1-13(2)23-17(6-8-22-23)15-5-4-7-20-16(15)12-26-18-10-21-19(25-3)9-14(18)11-24/h4-11,13H,12H2,1-3H3. The minimum absolute atomic E-state index is 0.203. The number of nitrogens with zero attached hydrogens (tertiary/aromatic N) is 4. The molecule has 0 N–H and O–H groups in total. The van der Waals surface area contributed by atoms with Gasteiger partial charge < -0.3 is 9.47 Å². The highest BCUT2D eigenvalue weighted by Gasteiger charge is 2.14. The van der Waals surface area contributed by atoms with Crippen LogP contribution in [-0.4, -0.2) is 33.1 Å². The molecule has 3 aromatic rings. The molecule has 0 bridgehead atoms. The summed E-state index contributed by atoms with van der Waals surface area (Å²) in [7, 11) is 1.50. The summed E-state index contributed by atoms with van der Waals surface area (Å²) in [5, 5.41) is 4.38. The second-order valence-corrected chi connectivity index (χ2v) is 5.92. The van der Waals surface area contributed by atoms with Crippen LogP contribution in [-0.2, 0) is 6.61 Å². The van der Waals surface area contributed by atoms with Crippen molar-refractivity contribution in [2.24, 2.45) is 0 Å². The van der Waals surface area contributed by atoms with E-state index in [0.29, 0.717) is 23.5 Å². The Morgan fingerprint density at radius 2 is 2.08 bits per heavy atom. The average Bonchev–Trinajstić information content (AvgIpc) is 3.16. The SMILES string of the molecule is COc1cc(C=O)c(OCc2ncccc2-c2ccnn2C(C)C)cn1. The summed E-state index contributed by atoms with van der Waals surface area (Å²) < 4.78 is 12.8. The Hall–Kier alpha value is -3.22. The van der Waals surface area contributed by atoms with E-state index in [1.54, 1.807) is 12.4 Å². The van der Waals surface area contributed by atoms with Gasteiger partial charge in [0.25, 0.3) is 0 Å². The Morgan fingerprint density at radius 1 is 1.23 bits per heavy atom. The van der Waals surface area contributed by atoms with Gasteiger partial charge in [-0.15, -0.1) is 0 Å². The van der Waals surface area contributed by atoms with Gasteiger partial charge >= 0.3 is 0 Å². The van der Waals surface area contributed by atoms with E-state index in [0.717, 1.165) is 17.0 Å². The number of aldehydes is 1. The van der Waals surface area contributed by atoms with Crippen LogP contribution < -0.4 is 9.47 Å². The molecule has 7 heteroatoms. The zero-order valence-corrected chi connectivity index (χ0v) is 14.9. The third-order valence-corrected chi connectivity index (χ3v) is 3.90. The molecule has 0 aliphatic heterocycles. The summed E-state index contributed by atoms with van der Waals surface area (Å²) in [4.78, 5) is 19.8. The Morgan fingerprint density at radius 3 is 2.81 bits per heavy atom. The lowest BCUT2D eigenvalue weighted by Gasteiger charge is -2.14. The van der Waals surface area contributed by atoms with Crippen molar-refractivity contribution in [1.29, 1.82) is 0 Å². The fourth-order valence-electron chi connectivity index (χ4n) is 2.63. The molecule has 0 aliphatic rings. The molecule has 0 spiro atoms. The first-order valence-corrected chi connectivity index (χ1v) is 8.23. The van der Waals surface area contributed by atoms with Crippen molar-refractivity contribution in [2.45, 2.75) is 26.5 Å². The number of rotatable bonds is 7. The van der Waals surface area contributed by atoms with Gasteiger partial charge in [-0.3, -0.25) is 14.5 Å². The molecule has 0 atom stereocenters. The minimum atomic E-state index is 0.203. The predicted molar refractivity (Wildman–Crippen MR) is 96.4 cm³/mol. The zero-order chi connectivity index (χ0) is 18.5. The number of hydrogen-bond donors (Lipinski definition) is 0. The second-order valence-electron chi connectivity index (χ2n) is 5.92. The molecule has 0 amide bonds. The van der Waals surface area contributed by atoms with Gasteiger partial charge in [-0.05, 0) is 32.0 Å². The number of aromatic nitrogens is 4. The maximum Gasteiger partial charge on any atom is 0.213 e. The van der Waals surface area contributed by atoms with Crippen LogP contribution >= 0.6 is 0 Å². The van der Waals surface area contributed by atoms with Gasteiger partial charge in [-0.1, -0.05) is 0 Å². The molecule has 0 aromatic carbocycles. The minimum Gasteiger partial charge on any atom is -0.485 e. The van der Waals surface area contributed by atoms with Crippen LogP contribution in [0.25, 0.3) is 11.3 Å². The van der Waals surface area contributed by atoms with E-state index in [2.05, 4.69) is 28.9 Å². The number of ether oxygens (including phenoxy) is 2. The topological polar surface area (TPSA) is 79.1 Å². The van der Waals surface area contributed by atoms with Crippen molar-refractivity contribution in [1.82, 2.24) is 19.7 Å². The number of carbonyl (C=O) groups is 1. The van der Waals surface area contributed by atoms with Gasteiger partial charge in [0.15, 0.2) is 6.29 Å². The van der Waals surface area contributed by atoms with E-state index < -0.39 is 0 Å². The highest BCUT2D eigenvalue weighted by atomic mass is 16.5. The van der Waals surface area contributed by atoms with Crippen molar-refractivity contribution < 1.29 is 14.3 Å². The third kappa shape index (κ3) is 3.56. The number of carbonyl (C=O) groups excluding carboxylic acids is 1. The van der Waals surface area contributed by atoms with E-state index in [1.165, 1.54) is 19.4 Å². The lowest BCUT2D eigenvalue weighted by molar-refractivity contribution is 0.111. The second kappa shape index (κ2) is 7.77. The molecular weight excluding hydrogens is 332 g/mol. The fourth-order valence-corrected chi connectivity index (χ4v) is 2.63. The van der Waals surface area contributed by atoms with Crippen LogP contribution in [0.3, 0.4) is 0 Å². The van der Waals surface area contributed by atoms with Crippen molar-refractivity contribution in [3.8, 4) is 22.9 Å². The van der Waals surface area contributed by atoms with Crippen LogP contribution in [0.5, 0.6) is 11.6 Å². The molecule has 3 aromatic heterocycles. The van der Waals surface area contributed by atoms with Crippen LogP contribution in [0.1, 0.15) is 35.9 Å². The number of pyridine rings is 2. The third-order valence-electron chi connectivity index (χ3n) is 3.90. The molecule has 134 valence electrons. The lowest BCUT2D eigenvalue weighted by Crippen LogP contribution is -2.08. The van der Waals surface area contributed by atoms with E-state index in [1.807, 2.05) is 22.9 Å². The molecule has 3 heterocycles. The molecule has 0 saturated carbocycles. The molecule has 0 aliphatic carbocycles. The van der Waals surface area contributed by atoms with Gasteiger partial charge in [-0.25, -0.2) is 4.98 Å². The summed E-state index contributed by atoms with van der Waals surface area (Å²) >= 11 is 0. The van der Waals surface area contributed by atoms with Crippen molar-refractivity contribution in [3.05, 3.63) is 54.1 Å². The van der Waals surface area contributed by atoms with Crippen LogP contribution in [0.4, 0.5) is 0 Å². The molecule has 0 fully saturated rings. The molecular formula is C19H20N4O3. The number of methoxy groups -OCH3 is 1. The predicted octanol–water partition coefficient (Wildman–Crippen LogP) is 3.32. The highest BCUT2D eigenvalue weighted by Crippen LogP contribution is 2.26. The van der Waals surface area contributed by atoms with Gasteiger partial charge in [0.1, 0.15) is 12.4 Å². The van der Waals surface area contributed by atoms with Gasteiger partial charge in [0, 0.05) is 30.1 Å². The Labute approximate surface area is 151 Å². The van der Waals surface area contributed by atoms with Gasteiger partial charge in [0.2, 0.25) is 5.88 Å². The Balaban J connectivity index is 1.88. The molecule has 0 unspecified atom stereocenters. The molecule has 0 saturated heterocycles. The van der Waals surface area contributed by atoms with E-state index in [9.17, 15) is 4.79 Å². The summed E-state index contributed by atoms with van der Waals surface area (Å²) in [6.07, 6.45) is 5.67. The van der Waals surface area contributed by atoms with E-state index in [4.69, 9.17) is 9.47 Å². The summed E-state index contributed by atoms with van der Waals surface area (Å²) in [6.45, 7) is 4.35. The summed E-state index contributed by atoms with van der Waals surface area (Å²) in [6, 6.07) is 7.57. The smallest absolute Gasteiger partial charge is 0.213 e. The number of hydrogen-bond acceptors (Lipinski definition) is 6. The molecule has 7 nitrogen and oxygen atoms in total. The van der Waals surface area contributed by atoms with Crippen molar-refractivity contribution >= 4 is 6.29 Å². The van der Waals surface area contributed by atoms with Crippen LogP contribution in [0, 0.1) is 0 Å². The first-order valence-electron chi connectivity index (χ1n) is 8.23. The first kappa shape index (κ1) is 17.6. The van der Waals surface area contributed by atoms with Crippen LogP contribution in [0.15, 0.2) is 42.9 Å². The van der Waals surface area contributed by atoms with Crippen LogP contribution in [0.2, 0.25) is 0 Å². The molecule has 0 radical (unpaired) electrons. The van der Waals surface area contributed by atoms with Crippen molar-refractivity contribution in [2.75, 3.05) is 7.11 Å². The lowest BCUT2D eigenvalue weighted by atomic mass is 10.1. The first-order chi connectivity index (χ1) is 12.6. The normalized spacial score (nSPS) is 10.8. The monoisotopic (exact) mass is 352 g/mol. The van der Waals surface area contributed by atoms with Gasteiger partial charge in [-0.2, -0.15) is 5.10 Å². The highest BCUT2D eigenvalue weighted by molar-refractivity contribution is 5.79. The largest absolute Gasteiger partial charge is 0.485 e. The summed E-state index contributed by atoms with van der Waals surface area (Å²) in [5.74, 6) is 0.744. The van der Waals surface area contributed by atoms with Gasteiger partial charge in [0.05, 0.1) is 30.3 Å². The molecule has 3 rings (SSSR count). The van der Waals surface area contributed by atoms with E-state index in [-0.39, 0.29) is 12.6 Å². The Kier molecular flexibility index (Phi) is 5.26. The average molecular weight is 352 g/mol. The quantitative estimate of drug-likeness (QED) is 0.607. The maximum absolute atomic E-state index is 11.3. The maximum atomic E-state index is 11.3. The Bertz CT molecular complexity index is 905.